The highest BCUT2D eigenvalue weighted by molar-refractivity contribution is 5.97. The molecule has 1 N–H and O–H groups in total. The van der Waals surface area contributed by atoms with Crippen molar-refractivity contribution >= 4 is 11.8 Å². The molecule has 0 radical (unpaired) electrons. The van der Waals surface area contributed by atoms with Gasteiger partial charge in [0.1, 0.15) is 5.75 Å². The number of benzene rings is 2. The topological polar surface area (TPSA) is 90.0 Å². The molecule has 2 atom stereocenters. The molecule has 3 aromatic rings. The van der Waals surface area contributed by atoms with Crippen molar-refractivity contribution in [2.75, 3.05) is 27.3 Å². The lowest BCUT2D eigenvalue weighted by Gasteiger charge is -2.39. The van der Waals surface area contributed by atoms with Crippen LogP contribution in [-0.4, -0.2) is 61.7 Å². The van der Waals surface area contributed by atoms with Crippen LogP contribution in [0.2, 0.25) is 0 Å². The van der Waals surface area contributed by atoms with E-state index in [0.29, 0.717) is 30.8 Å². The maximum absolute atomic E-state index is 13.4. The zero-order valence-electron chi connectivity index (χ0n) is 20.4. The van der Waals surface area contributed by atoms with E-state index in [2.05, 4.69) is 15.0 Å². The van der Waals surface area contributed by atoms with Crippen LogP contribution in [0, 0.1) is 0 Å². The first-order valence-corrected chi connectivity index (χ1v) is 11.7. The normalized spacial score (nSPS) is 17.3. The van der Waals surface area contributed by atoms with Crippen LogP contribution in [0.3, 0.4) is 0 Å². The second-order valence-corrected chi connectivity index (χ2v) is 8.45. The fourth-order valence-electron chi connectivity index (χ4n) is 4.48. The minimum Gasteiger partial charge on any atom is -0.491 e. The maximum atomic E-state index is 13.4. The van der Waals surface area contributed by atoms with Crippen molar-refractivity contribution in [2.24, 2.45) is 0 Å². The Morgan fingerprint density at radius 2 is 1.76 bits per heavy atom. The molecule has 0 saturated carbocycles. The Morgan fingerprint density at radius 1 is 1.03 bits per heavy atom. The minimum atomic E-state index is -3.05. The third-order valence-electron chi connectivity index (χ3n) is 6.27. The molecule has 1 fully saturated rings. The number of rotatable bonds is 8. The Balaban J connectivity index is 1.56. The van der Waals surface area contributed by atoms with Crippen molar-refractivity contribution < 1.29 is 32.6 Å². The van der Waals surface area contributed by atoms with E-state index in [4.69, 9.17) is 9.47 Å². The van der Waals surface area contributed by atoms with Gasteiger partial charge in [0.2, 0.25) is 0 Å². The number of piperidine rings is 1. The molecule has 4 rings (SSSR count). The number of pyridine rings is 1. The van der Waals surface area contributed by atoms with Gasteiger partial charge in [-0.2, -0.15) is 8.78 Å². The van der Waals surface area contributed by atoms with Gasteiger partial charge in [0.25, 0.3) is 17.7 Å². The summed E-state index contributed by atoms with van der Waals surface area (Å²) in [7, 11) is 2.94. The first-order valence-electron chi connectivity index (χ1n) is 11.7. The molecule has 10 heteroatoms. The van der Waals surface area contributed by atoms with E-state index in [0.717, 1.165) is 5.56 Å². The van der Waals surface area contributed by atoms with E-state index >= 15 is 0 Å². The number of hydrogen-bond donors (Lipinski definition) is 1. The first-order chi connectivity index (χ1) is 17.9. The van der Waals surface area contributed by atoms with Crippen LogP contribution in [-0.2, 0) is 0 Å². The zero-order chi connectivity index (χ0) is 26.4. The van der Waals surface area contributed by atoms with Crippen LogP contribution in [0.15, 0.2) is 66.9 Å². The van der Waals surface area contributed by atoms with Gasteiger partial charge in [0.15, 0.2) is 5.75 Å². The Hall–Kier alpha value is -4.21. The number of nitrogens with one attached hydrogen (secondary N) is 1. The lowest BCUT2D eigenvalue weighted by atomic mass is 9.85. The molecule has 37 heavy (non-hydrogen) atoms. The molecule has 0 bridgehead atoms. The second-order valence-electron chi connectivity index (χ2n) is 8.45. The van der Waals surface area contributed by atoms with E-state index in [9.17, 15) is 18.4 Å². The van der Waals surface area contributed by atoms with Gasteiger partial charge in [0.05, 0.1) is 25.3 Å². The number of halogens is 2. The molecule has 1 aliphatic rings. The number of likely N-dealkylation sites (tertiary alicyclic amines) is 1. The van der Waals surface area contributed by atoms with Gasteiger partial charge in [-0.1, -0.05) is 42.5 Å². The van der Waals surface area contributed by atoms with Gasteiger partial charge >= 0.3 is 6.61 Å². The highest BCUT2D eigenvalue weighted by Crippen LogP contribution is 2.31. The number of methoxy groups -OCH3 is 2. The summed E-state index contributed by atoms with van der Waals surface area (Å²) in [5, 5.41) is 2.98. The summed E-state index contributed by atoms with van der Waals surface area (Å²) in [5.41, 5.74) is 1.31. The van der Waals surface area contributed by atoms with Crippen molar-refractivity contribution in [3.63, 3.8) is 0 Å². The summed E-state index contributed by atoms with van der Waals surface area (Å²) in [6, 6.07) is 16.6. The number of aromatic nitrogens is 1. The SMILES string of the molecule is COc1cc(C(=O)N2CC[C@@H](NC(=O)c3ccccc3OC(F)F)[C@@H](c3ccccc3)C2)cnc1OC. The Labute approximate surface area is 213 Å². The molecule has 2 aromatic carbocycles. The highest BCUT2D eigenvalue weighted by Gasteiger charge is 2.34. The standard InChI is InChI=1S/C27H27F2N3O5/c1-35-23-14-18(15-30-25(23)36-2)26(34)32-13-12-21(20(16-32)17-8-4-3-5-9-17)31-24(33)19-10-6-7-11-22(19)37-27(28)29/h3-11,14-15,20-21,27H,12-13,16H2,1-2H3,(H,31,33)/t20-,21-/m1/s1. The number of hydrogen-bond acceptors (Lipinski definition) is 6. The Bertz CT molecular complexity index is 1240. The number of alkyl halides is 2. The molecule has 0 spiro atoms. The second kappa shape index (κ2) is 11.7. The molecule has 1 aromatic heterocycles. The molecule has 2 heterocycles. The van der Waals surface area contributed by atoms with E-state index in [1.807, 2.05) is 30.3 Å². The molecule has 1 saturated heterocycles. The molecule has 0 aliphatic carbocycles. The summed E-state index contributed by atoms with van der Waals surface area (Å²) in [5.74, 6) is -0.557. The van der Waals surface area contributed by atoms with E-state index in [1.54, 1.807) is 17.0 Å². The van der Waals surface area contributed by atoms with Crippen molar-refractivity contribution in [2.45, 2.75) is 25.0 Å². The summed E-state index contributed by atoms with van der Waals surface area (Å²) < 4.78 is 40.7. The van der Waals surface area contributed by atoms with Gasteiger partial charge in [-0.15, -0.1) is 0 Å². The number of ether oxygens (including phenoxy) is 3. The largest absolute Gasteiger partial charge is 0.491 e. The van der Waals surface area contributed by atoms with Crippen molar-refractivity contribution in [1.29, 1.82) is 0 Å². The van der Waals surface area contributed by atoms with Crippen molar-refractivity contribution in [1.82, 2.24) is 15.2 Å². The highest BCUT2D eigenvalue weighted by atomic mass is 19.3. The quantitative estimate of drug-likeness (QED) is 0.489. The summed E-state index contributed by atoms with van der Waals surface area (Å²) in [4.78, 5) is 32.3. The summed E-state index contributed by atoms with van der Waals surface area (Å²) in [6.07, 6.45) is 1.89. The summed E-state index contributed by atoms with van der Waals surface area (Å²) in [6.45, 7) is -2.35. The average molecular weight is 512 g/mol. The van der Waals surface area contributed by atoms with Crippen LogP contribution in [0.4, 0.5) is 8.78 Å². The first kappa shape index (κ1) is 25.9. The number of amides is 2. The van der Waals surface area contributed by atoms with Gasteiger partial charge in [0, 0.05) is 37.3 Å². The third kappa shape index (κ3) is 5.96. The Kier molecular flexibility index (Phi) is 8.17. The summed E-state index contributed by atoms with van der Waals surface area (Å²) >= 11 is 0. The lowest BCUT2D eigenvalue weighted by Crippen LogP contribution is -2.51. The van der Waals surface area contributed by atoms with Crippen molar-refractivity contribution in [3.8, 4) is 17.4 Å². The molecule has 8 nitrogen and oxygen atoms in total. The minimum absolute atomic E-state index is 0.0181. The van der Waals surface area contributed by atoms with E-state index < -0.39 is 12.5 Å². The van der Waals surface area contributed by atoms with Gasteiger partial charge < -0.3 is 24.4 Å². The average Bonchev–Trinajstić information content (AvgIpc) is 2.92. The predicted octanol–water partition coefficient (Wildman–Crippen LogP) is 4.13. The fourth-order valence-corrected chi connectivity index (χ4v) is 4.48. The van der Waals surface area contributed by atoms with Crippen LogP contribution >= 0.6 is 0 Å². The Morgan fingerprint density at radius 3 is 2.46 bits per heavy atom. The van der Waals surface area contributed by atoms with Crippen LogP contribution in [0.5, 0.6) is 17.4 Å². The monoisotopic (exact) mass is 511 g/mol. The molecule has 194 valence electrons. The number of carbonyl (C=O) groups excluding carboxylic acids is 2. The van der Waals surface area contributed by atoms with Gasteiger partial charge in [-0.3, -0.25) is 9.59 Å². The van der Waals surface area contributed by atoms with Gasteiger partial charge in [-0.25, -0.2) is 4.98 Å². The van der Waals surface area contributed by atoms with E-state index in [1.165, 1.54) is 38.6 Å². The number of nitrogens with zero attached hydrogens (tertiary/aromatic N) is 2. The molecule has 0 unspecified atom stereocenters. The molecular formula is C27H27F2N3O5. The number of para-hydroxylation sites is 1. The van der Waals surface area contributed by atoms with Crippen molar-refractivity contribution in [3.05, 3.63) is 83.6 Å². The molecule has 2 amide bonds. The zero-order valence-corrected chi connectivity index (χ0v) is 20.4. The predicted molar refractivity (Wildman–Crippen MR) is 131 cm³/mol. The van der Waals surface area contributed by atoms with E-state index in [-0.39, 0.29) is 35.1 Å². The molecule has 1 aliphatic heterocycles. The smallest absolute Gasteiger partial charge is 0.387 e. The maximum Gasteiger partial charge on any atom is 0.387 e. The van der Waals surface area contributed by atoms with Crippen LogP contribution in [0.25, 0.3) is 0 Å². The fraction of sp³-hybridized carbons (Fsp3) is 0.296. The third-order valence-corrected chi connectivity index (χ3v) is 6.27. The van der Waals surface area contributed by atoms with Crippen LogP contribution in [0.1, 0.15) is 38.6 Å². The lowest BCUT2D eigenvalue weighted by molar-refractivity contribution is -0.0501. The number of carbonyl (C=O) groups is 2. The molecular weight excluding hydrogens is 484 g/mol. The van der Waals surface area contributed by atoms with Gasteiger partial charge in [-0.05, 0) is 24.1 Å². The van der Waals surface area contributed by atoms with Crippen LogP contribution < -0.4 is 19.5 Å².